The van der Waals surface area contributed by atoms with Gasteiger partial charge in [-0.25, -0.2) is 0 Å². The fourth-order valence-corrected chi connectivity index (χ4v) is 3.97. The fourth-order valence-electron chi connectivity index (χ4n) is 2.15. The molecule has 0 unspecified atom stereocenters. The molecule has 2 rings (SSSR count). The Balaban J connectivity index is 2.15. The standard InChI is InChI=1S/C7H10Br2/c8-6-4-1-2-5(3-4)7(6)9/h4-7H,1-3H2/t4-,5+,6-,7+. The van der Waals surface area contributed by atoms with Crippen molar-refractivity contribution in [1.82, 2.24) is 0 Å². The van der Waals surface area contributed by atoms with Gasteiger partial charge in [-0.1, -0.05) is 31.9 Å². The lowest BCUT2D eigenvalue weighted by Crippen LogP contribution is -2.21. The number of hydrogen-bond donors (Lipinski definition) is 0. The Bertz CT molecular complexity index is 106. The average molecular weight is 254 g/mol. The highest BCUT2D eigenvalue weighted by molar-refractivity contribution is 9.12. The minimum Gasteiger partial charge on any atom is -0.0875 e. The van der Waals surface area contributed by atoms with E-state index < -0.39 is 0 Å². The zero-order valence-electron chi connectivity index (χ0n) is 5.19. The van der Waals surface area contributed by atoms with Crippen molar-refractivity contribution in [2.45, 2.75) is 28.9 Å². The second kappa shape index (κ2) is 2.23. The molecule has 0 amide bonds. The third kappa shape index (κ3) is 0.900. The Labute approximate surface area is 72.7 Å². The first-order chi connectivity index (χ1) is 4.29. The first-order valence-electron chi connectivity index (χ1n) is 3.57. The highest BCUT2D eigenvalue weighted by atomic mass is 79.9. The molecule has 0 aromatic carbocycles. The highest BCUT2D eigenvalue weighted by Crippen LogP contribution is 2.50. The van der Waals surface area contributed by atoms with Crippen molar-refractivity contribution < 1.29 is 0 Å². The van der Waals surface area contributed by atoms with E-state index in [1.807, 2.05) is 0 Å². The maximum atomic E-state index is 3.71. The predicted molar refractivity (Wildman–Crippen MR) is 46.3 cm³/mol. The smallest absolute Gasteiger partial charge is 0.0302 e. The SMILES string of the molecule is Br[C@@H]1[C@@H]2CC[C@@H](C2)[C@@H]1Br. The Kier molecular flexibility index (Phi) is 1.65. The third-order valence-electron chi connectivity index (χ3n) is 2.72. The number of alkyl halides is 2. The molecule has 0 aromatic rings. The largest absolute Gasteiger partial charge is 0.0875 e. The molecule has 2 heteroatoms. The summed E-state index contributed by atoms with van der Waals surface area (Å²) >= 11 is 7.43. The molecule has 0 nitrogen and oxygen atoms in total. The van der Waals surface area contributed by atoms with Crippen LogP contribution in [0.3, 0.4) is 0 Å². The lowest BCUT2D eigenvalue weighted by Gasteiger charge is -2.20. The van der Waals surface area contributed by atoms with Gasteiger partial charge in [-0.05, 0) is 31.1 Å². The van der Waals surface area contributed by atoms with Crippen LogP contribution in [0.5, 0.6) is 0 Å². The Morgan fingerprint density at radius 1 is 0.889 bits per heavy atom. The molecule has 0 radical (unpaired) electrons. The minimum absolute atomic E-state index is 0.774. The van der Waals surface area contributed by atoms with Gasteiger partial charge in [0.2, 0.25) is 0 Å². The van der Waals surface area contributed by atoms with Crippen molar-refractivity contribution in [3.8, 4) is 0 Å². The molecule has 2 aliphatic rings. The lowest BCUT2D eigenvalue weighted by molar-refractivity contribution is 0.514. The summed E-state index contributed by atoms with van der Waals surface area (Å²) in [5.74, 6) is 1.97. The number of halogens is 2. The average Bonchev–Trinajstić information content (AvgIpc) is 2.37. The topological polar surface area (TPSA) is 0 Å². The van der Waals surface area contributed by atoms with Crippen LogP contribution in [0, 0.1) is 11.8 Å². The molecule has 2 saturated carbocycles. The molecule has 0 aliphatic heterocycles. The van der Waals surface area contributed by atoms with Crippen LogP contribution in [-0.2, 0) is 0 Å². The van der Waals surface area contributed by atoms with Gasteiger partial charge in [0.1, 0.15) is 0 Å². The van der Waals surface area contributed by atoms with E-state index in [0.29, 0.717) is 0 Å². The van der Waals surface area contributed by atoms with E-state index in [2.05, 4.69) is 31.9 Å². The van der Waals surface area contributed by atoms with Crippen LogP contribution in [0.15, 0.2) is 0 Å². The normalized spacial score (nSPS) is 56.7. The van der Waals surface area contributed by atoms with Gasteiger partial charge >= 0.3 is 0 Å². The second-order valence-corrected chi connectivity index (χ2v) is 5.34. The maximum absolute atomic E-state index is 3.71. The monoisotopic (exact) mass is 252 g/mol. The highest BCUT2D eigenvalue weighted by Gasteiger charge is 2.44. The van der Waals surface area contributed by atoms with Gasteiger partial charge in [0.25, 0.3) is 0 Å². The number of fused-ring (bicyclic) bond motifs is 2. The van der Waals surface area contributed by atoms with Crippen molar-refractivity contribution in [2.75, 3.05) is 0 Å². The van der Waals surface area contributed by atoms with Gasteiger partial charge in [-0.15, -0.1) is 0 Å². The van der Waals surface area contributed by atoms with E-state index in [4.69, 9.17) is 0 Å². The van der Waals surface area contributed by atoms with Gasteiger partial charge in [0, 0.05) is 9.65 Å². The molecule has 0 N–H and O–H groups in total. The van der Waals surface area contributed by atoms with E-state index in [1.165, 1.54) is 19.3 Å². The van der Waals surface area contributed by atoms with Crippen LogP contribution < -0.4 is 0 Å². The van der Waals surface area contributed by atoms with Gasteiger partial charge in [0.05, 0.1) is 0 Å². The summed E-state index contributed by atoms with van der Waals surface area (Å²) in [5.41, 5.74) is 0. The van der Waals surface area contributed by atoms with E-state index in [1.54, 1.807) is 0 Å². The summed E-state index contributed by atoms with van der Waals surface area (Å²) in [6, 6.07) is 0. The molecule has 2 bridgehead atoms. The van der Waals surface area contributed by atoms with Gasteiger partial charge in [-0.3, -0.25) is 0 Å². The Morgan fingerprint density at radius 3 is 1.56 bits per heavy atom. The predicted octanol–water partition coefficient (Wildman–Crippen LogP) is 2.94. The molecular formula is C7H10Br2. The lowest BCUT2D eigenvalue weighted by atomic mass is 10.0. The van der Waals surface area contributed by atoms with Crippen LogP contribution in [0.25, 0.3) is 0 Å². The zero-order valence-corrected chi connectivity index (χ0v) is 8.36. The summed E-state index contributed by atoms with van der Waals surface area (Å²) in [6.07, 6.45) is 4.39. The number of rotatable bonds is 0. The molecule has 0 aromatic heterocycles. The summed E-state index contributed by atoms with van der Waals surface area (Å²) in [6.45, 7) is 0. The summed E-state index contributed by atoms with van der Waals surface area (Å²) in [7, 11) is 0. The van der Waals surface area contributed by atoms with Crippen LogP contribution in [0.2, 0.25) is 0 Å². The first-order valence-corrected chi connectivity index (χ1v) is 5.40. The molecule has 2 aliphatic carbocycles. The van der Waals surface area contributed by atoms with Crippen LogP contribution >= 0.6 is 31.9 Å². The van der Waals surface area contributed by atoms with Gasteiger partial charge < -0.3 is 0 Å². The van der Waals surface area contributed by atoms with Crippen LogP contribution in [-0.4, -0.2) is 9.65 Å². The summed E-state index contributed by atoms with van der Waals surface area (Å²) in [5, 5.41) is 0. The minimum atomic E-state index is 0.774. The molecule has 0 saturated heterocycles. The Hall–Kier alpha value is 0.960. The van der Waals surface area contributed by atoms with Crippen LogP contribution in [0.4, 0.5) is 0 Å². The van der Waals surface area contributed by atoms with Crippen molar-refractivity contribution >= 4 is 31.9 Å². The maximum Gasteiger partial charge on any atom is 0.0302 e. The molecule has 9 heavy (non-hydrogen) atoms. The molecule has 4 atom stereocenters. The van der Waals surface area contributed by atoms with Crippen molar-refractivity contribution in [2.24, 2.45) is 11.8 Å². The van der Waals surface area contributed by atoms with Gasteiger partial charge in [-0.2, -0.15) is 0 Å². The molecule has 0 heterocycles. The van der Waals surface area contributed by atoms with E-state index in [0.717, 1.165) is 21.5 Å². The van der Waals surface area contributed by atoms with E-state index in [-0.39, 0.29) is 0 Å². The fraction of sp³-hybridized carbons (Fsp3) is 1.00. The Morgan fingerprint density at radius 2 is 1.33 bits per heavy atom. The first kappa shape index (κ1) is 6.66. The van der Waals surface area contributed by atoms with E-state index in [9.17, 15) is 0 Å². The number of hydrogen-bond acceptors (Lipinski definition) is 0. The molecule has 2 fully saturated rings. The van der Waals surface area contributed by atoms with Crippen molar-refractivity contribution in [3.63, 3.8) is 0 Å². The third-order valence-corrected chi connectivity index (χ3v) is 6.06. The second-order valence-electron chi connectivity index (χ2n) is 3.22. The quantitative estimate of drug-likeness (QED) is 0.583. The summed E-state index contributed by atoms with van der Waals surface area (Å²) in [4.78, 5) is 1.55. The van der Waals surface area contributed by atoms with E-state index >= 15 is 0 Å². The van der Waals surface area contributed by atoms with Crippen LogP contribution in [0.1, 0.15) is 19.3 Å². The van der Waals surface area contributed by atoms with Crippen molar-refractivity contribution in [1.29, 1.82) is 0 Å². The summed E-state index contributed by atoms with van der Waals surface area (Å²) < 4.78 is 0. The molecule has 0 spiro atoms. The van der Waals surface area contributed by atoms with Crippen molar-refractivity contribution in [3.05, 3.63) is 0 Å². The molecular weight excluding hydrogens is 244 g/mol. The molecule has 52 valence electrons. The van der Waals surface area contributed by atoms with Gasteiger partial charge in [0.15, 0.2) is 0 Å². The zero-order chi connectivity index (χ0) is 6.43.